The third-order valence-corrected chi connectivity index (χ3v) is 3.64. The molecule has 0 N–H and O–H groups in total. The molecule has 2 rings (SSSR count). The maximum atomic E-state index is 11.8. The lowest BCUT2D eigenvalue weighted by Gasteiger charge is -2.11. The molecular weight excluding hydrogens is 248 g/mol. The Balaban J connectivity index is 2.48. The lowest BCUT2D eigenvalue weighted by Crippen LogP contribution is -2.05. The summed E-state index contributed by atoms with van der Waals surface area (Å²) in [5.74, 6) is 0.760. The molecule has 2 aromatic carbocycles. The summed E-state index contributed by atoms with van der Waals surface area (Å²) in [6.07, 6.45) is 1.68. The van der Waals surface area contributed by atoms with E-state index in [1.807, 2.05) is 36.4 Å². The largest absolute Gasteiger partial charge is 0.490 e. The first-order valence-corrected chi connectivity index (χ1v) is 7.26. The summed E-state index contributed by atoms with van der Waals surface area (Å²) in [6, 6.07) is 11.6. The second-order valence-corrected chi connectivity index (χ2v) is 5.25. The highest BCUT2D eigenvalue weighted by Crippen LogP contribution is 2.30. The Bertz CT molecular complexity index is 561. The first kappa shape index (κ1) is 13.1. The van der Waals surface area contributed by atoms with E-state index in [-0.39, 0.29) is 0 Å². The van der Waals surface area contributed by atoms with E-state index in [0.717, 1.165) is 21.4 Å². The van der Waals surface area contributed by atoms with Crippen LogP contribution in [0.3, 0.4) is 0 Å². The SMILES string of the molecule is COCCOc1cccc2cccc(S(C)=O)c12. The van der Waals surface area contributed by atoms with Crippen molar-refractivity contribution in [2.75, 3.05) is 26.6 Å². The molecule has 0 aliphatic carbocycles. The van der Waals surface area contributed by atoms with Crippen molar-refractivity contribution in [1.82, 2.24) is 0 Å². The van der Waals surface area contributed by atoms with Crippen molar-refractivity contribution in [3.05, 3.63) is 36.4 Å². The minimum absolute atomic E-state index is 0.486. The summed E-state index contributed by atoms with van der Waals surface area (Å²) in [5.41, 5.74) is 0. The van der Waals surface area contributed by atoms with Gasteiger partial charge in [0.2, 0.25) is 0 Å². The molecule has 1 atom stereocenters. The summed E-state index contributed by atoms with van der Waals surface area (Å²) in [5, 5.41) is 1.97. The third-order valence-electron chi connectivity index (χ3n) is 2.68. The standard InChI is InChI=1S/C14H16O3S/c1-16-9-10-17-12-7-3-5-11-6-4-8-13(14(11)12)18(2)15/h3-8H,9-10H2,1-2H3. The molecule has 0 aromatic heterocycles. The van der Waals surface area contributed by atoms with E-state index in [9.17, 15) is 4.21 Å². The third kappa shape index (κ3) is 2.71. The molecule has 2 aromatic rings. The number of hydrogen-bond donors (Lipinski definition) is 0. The predicted molar refractivity (Wildman–Crippen MR) is 73.7 cm³/mol. The molecule has 1 unspecified atom stereocenters. The molecule has 3 nitrogen and oxygen atoms in total. The van der Waals surface area contributed by atoms with E-state index in [1.165, 1.54) is 0 Å². The van der Waals surface area contributed by atoms with Gasteiger partial charge in [0.1, 0.15) is 12.4 Å². The average molecular weight is 264 g/mol. The molecule has 0 saturated heterocycles. The lowest BCUT2D eigenvalue weighted by molar-refractivity contribution is 0.147. The minimum atomic E-state index is -1.03. The van der Waals surface area contributed by atoms with Gasteiger partial charge in [-0.2, -0.15) is 0 Å². The molecule has 0 spiro atoms. The Labute approximate surface area is 109 Å². The van der Waals surface area contributed by atoms with E-state index in [1.54, 1.807) is 13.4 Å². The zero-order valence-electron chi connectivity index (χ0n) is 10.5. The normalized spacial score (nSPS) is 12.6. The molecule has 0 fully saturated rings. The Morgan fingerprint density at radius 2 is 1.83 bits per heavy atom. The van der Waals surface area contributed by atoms with Gasteiger partial charge in [-0.1, -0.05) is 24.3 Å². The number of benzene rings is 2. The van der Waals surface area contributed by atoms with Crippen LogP contribution in [0.1, 0.15) is 0 Å². The molecule has 4 heteroatoms. The van der Waals surface area contributed by atoms with Gasteiger partial charge in [0.15, 0.2) is 0 Å². The number of methoxy groups -OCH3 is 1. The lowest BCUT2D eigenvalue weighted by atomic mass is 10.1. The van der Waals surface area contributed by atoms with Crippen LogP contribution >= 0.6 is 0 Å². The van der Waals surface area contributed by atoms with Crippen LogP contribution in [0.4, 0.5) is 0 Å². The van der Waals surface area contributed by atoms with Crippen LogP contribution < -0.4 is 4.74 Å². The first-order valence-electron chi connectivity index (χ1n) is 5.71. The van der Waals surface area contributed by atoms with Crippen LogP contribution in [-0.4, -0.2) is 30.8 Å². The fourth-order valence-corrected chi connectivity index (χ4v) is 2.64. The summed E-state index contributed by atoms with van der Waals surface area (Å²) >= 11 is 0. The molecule has 0 saturated carbocycles. The highest BCUT2D eigenvalue weighted by atomic mass is 32.2. The van der Waals surface area contributed by atoms with Crippen LogP contribution in [0.15, 0.2) is 41.3 Å². The van der Waals surface area contributed by atoms with E-state index < -0.39 is 10.8 Å². The Kier molecular flexibility index (Phi) is 4.33. The Morgan fingerprint density at radius 3 is 2.50 bits per heavy atom. The predicted octanol–water partition coefficient (Wildman–Crippen LogP) is 2.60. The monoisotopic (exact) mass is 264 g/mol. The van der Waals surface area contributed by atoms with Crippen molar-refractivity contribution >= 4 is 21.6 Å². The van der Waals surface area contributed by atoms with E-state index >= 15 is 0 Å². The van der Waals surface area contributed by atoms with E-state index in [0.29, 0.717) is 13.2 Å². The molecule has 96 valence electrons. The smallest absolute Gasteiger partial charge is 0.128 e. The molecule has 0 aliphatic heterocycles. The molecule has 0 bridgehead atoms. The van der Waals surface area contributed by atoms with Crippen LogP contribution in [0.5, 0.6) is 5.75 Å². The maximum absolute atomic E-state index is 11.8. The highest BCUT2D eigenvalue weighted by Gasteiger charge is 2.09. The van der Waals surface area contributed by atoms with Gasteiger partial charge in [-0.25, -0.2) is 0 Å². The van der Waals surface area contributed by atoms with E-state index in [2.05, 4.69) is 0 Å². The topological polar surface area (TPSA) is 35.5 Å². The van der Waals surface area contributed by atoms with Crippen molar-refractivity contribution < 1.29 is 13.7 Å². The van der Waals surface area contributed by atoms with Gasteiger partial charge < -0.3 is 9.47 Å². The molecule has 0 aliphatic rings. The van der Waals surface area contributed by atoms with Gasteiger partial charge >= 0.3 is 0 Å². The summed E-state index contributed by atoms with van der Waals surface area (Å²) in [6.45, 7) is 1.02. The van der Waals surface area contributed by atoms with Gasteiger partial charge in [0.25, 0.3) is 0 Å². The summed E-state index contributed by atoms with van der Waals surface area (Å²) in [7, 11) is 0.606. The summed E-state index contributed by atoms with van der Waals surface area (Å²) in [4.78, 5) is 0.806. The molecule has 0 amide bonds. The quantitative estimate of drug-likeness (QED) is 0.779. The summed E-state index contributed by atoms with van der Waals surface area (Å²) < 4.78 is 22.4. The van der Waals surface area contributed by atoms with Crippen molar-refractivity contribution in [1.29, 1.82) is 0 Å². The second kappa shape index (κ2) is 5.98. The van der Waals surface area contributed by atoms with Gasteiger partial charge in [0, 0.05) is 18.8 Å². The zero-order chi connectivity index (χ0) is 13.0. The number of rotatable bonds is 5. The Morgan fingerprint density at radius 1 is 1.11 bits per heavy atom. The molecule has 0 heterocycles. The molecule has 18 heavy (non-hydrogen) atoms. The van der Waals surface area contributed by atoms with Gasteiger partial charge in [0.05, 0.1) is 22.3 Å². The van der Waals surface area contributed by atoms with Crippen LogP contribution in [0.2, 0.25) is 0 Å². The fourth-order valence-electron chi connectivity index (χ4n) is 1.87. The van der Waals surface area contributed by atoms with Crippen molar-refractivity contribution in [3.63, 3.8) is 0 Å². The maximum Gasteiger partial charge on any atom is 0.128 e. The number of fused-ring (bicyclic) bond motifs is 1. The first-order chi connectivity index (χ1) is 8.74. The van der Waals surface area contributed by atoms with Crippen molar-refractivity contribution in [2.24, 2.45) is 0 Å². The van der Waals surface area contributed by atoms with Crippen LogP contribution in [0.25, 0.3) is 10.8 Å². The van der Waals surface area contributed by atoms with Crippen molar-refractivity contribution in [2.45, 2.75) is 4.90 Å². The number of hydrogen-bond acceptors (Lipinski definition) is 3. The second-order valence-electron chi connectivity index (χ2n) is 3.91. The minimum Gasteiger partial charge on any atom is -0.490 e. The van der Waals surface area contributed by atoms with Crippen LogP contribution in [0, 0.1) is 0 Å². The Hall–Kier alpha value is -1.39. The molecule has 0 radical (unpaired) electrons. The fraction of sp³-hybridized carbons (Fsp3) is 0.286. The average Bonchev–Trinajstić information content (AvgIpc) is 2.38. The molecular formula is C14H16O3S. The van der Waals surface area contributed by atoms with Gasteiger partial charge in [-0.05, 0) is 17.5 Å². The highest BCUT2D eigenvalue weighted by molar-refractivity contribution is 7.84. The van der Waals surface area contributed by atoms with Crippen molar-refractivity contribution in [3.8, 4) is 5.75 Å². The van der Waals surface area contributed by atoms with Gasteiger partial charge in [-0.15, -0.1) is 0 Å². The zero-order valence-corrected chi connectivity index (χ0v) is 11.3. The van der Waals surface area contributed by atoms with Gasteiger partial charge in [-0.3, -0.25) is 4.21 Å². The van der Waals surface area contributed by atoms with E-state index in [4.69, 9.17) is 9.47 Å². The van der Waals surface area contributed by atoms with Crippen LogP contribution in [-0.2, 0) is 15.5 Å². The number of ether oxygens (including phenoxy) is 2.